The molecule has 0 amide bonds. The first kappa shape index (κ1) is 22.2. The first-order valence-electron chi connectivity index (χ1n) is 10.0. The van der Waals surface area contributed by atoms with Crippen molar-refractivity contribution < 1.29 is 9.34 Å². The number of nitrogens with one attached hydrogen (secondary N) is 1. The van der Waals surface area contributed by atoms with Crippen molar-refractivity contribution in [2.45, 2.75) is 0 Å². The molecule has 0 aliphatic carbocycles. The van der Waals surface area contributed by atoms with Crippen LogP contribution < -0.4 is 5.63 Å². The number of nitrogens with zero attached hydrogens (tertiary/aromatic N) is 4. The Labute approximate surface area is 205 Å². The highest BCUT2D eigenvalue weighted by Crippen LogP contribution is 2.31. The highest BCUT2D eigenvalue weighted by atomic mass is 35.5. The molecule has 3 heterocycles. The van der Waals surface area contributed by atoms with Crippen LogP contribution in [0.5, 0.6) is 0 Å². The molecule has 0 atom stereocenters. The number of halogens is 1. The van der Waals surface area contributed by atoms with Crippen molar-refractivity contribution in [3.8, 4) is 28.6 Å². The summed E-state index contributed by atoms with van der Waals surface area (Å²) in [5.41, 5.74) is 2.27. The van der Waals surface area contributed by atoms with Crippen molar-refractivity contribution in [2.24, 2.45) is 0 Å². The summed E-state index contributed by atoms with van der Waals surface area (Å²) >= 11 is 7.25. The van der Waals surface area contributed by atoms with Gasteiger partial charge in [0.2, 0.25) is 0 Å². The average molecular weight is 502 g/mol. The Hall–Kier alpha value is -4.59. The Bertz CT molecular complexity index is 1740. The zero-order valence-electron chi connectivity index (χ0n) is 17.6. The van der Waals surface area contributed by atoms with E-state index in [4.69, 9.17) is 16.0 Å². The molecule has 0 aliphatic rings. The second-order valence-corrected chi connectivity index (χ2v) is 8.64. The standard InChI is InChI=1S/C24H12ClN5O4S/c25-17-4-5-21-14(7-17)9-19(24(31)34-21)20-12-35-23(28-20)15(10-26)6-16-11-27-29-22(16)13-2-1-3-18(8-13)30(32)33/h1-9,11-12H,(H,27,29). The first-order valence-corrected chi connectivity index (χ1v) is 11.3. The van der Waals surface area contributed by atoms with E-state index in [1.54, 1.807) is 47.9 Å². The number of non-ortho nitro benzene ring substituents is 1. The fourth-order valence-corrected chi connectivity index (χ4v) is 4.47. The molecule has 0 spiro atoms. The van der Waals surface area contributed by atoms with E-state index in [9.17, 15) is 20.2 Å². The smallest absolute Gasteiger partial charge is 0.345 e. The fraction of sp³-hybridized carbons (Fsp3) is 0. The highest BCUT2D eigenvalue weighted by molar-refractivity contribution is 7.11. The van der Waals surface area contributed by atoms with Crippen molar-refractivity contribution in [3.63, 3.8) is 0 Å². The molecular weight excluding hydrogens is 490 g/mol. The molecule has 0 bridgehead atoms. The minimum atomic E-state index is -0.554. The van der Waals surface area contributed by atoms with Crippen LogP contribution in [0.3, 0.4) is 0 Å². The lowest BCUT2D eigenvalue weighted by molar-refractivity contribution is -0.384. The SMILES string of the molecule is N#CC(=Cc1cn[nH]c1-c1cccc([N+](=O)[O-])c1)c1nc(-c2cc3cc(Cl)ccc3oc2=O)cs1. The summed E-state index contributed by atoms with van der Waals surface area (Å²) in [7, 11) is 0. The molecule has 0 aliphatic heterocycles. The predicted octanol–water partition coefficient (Wildman–Crippen LogP) is 5.93. The molecule has 35 heavy (non-hydrogen) atoms. The number of fused-ring (bicyclic) bond motifs is 1. The summed E-state index contributed by atoms with van der Waals surface area (Å²) in [6, 6.07) is 14.8. The van der Waals surface area contributed by atoms with Crippen LogP contribution in [0.1, 0.15) is 10.6 Å². The van der Waals surface area contributed by atoms with E-state index in [0.717, 1.165) is 0 Å². The lowest BCUT2D eigenvalue weighted by Gasteiger charge is -2.01. The Morgan fingerprint density at radius 1 is 1.26 bits per heavy atom. The third-order valence-corrected chi connectivity index (χ3v) is 6.25. The molecule has 0 saturated carbocycles. The number of benzene rings is 2. The van der Waals surface area contributed by atoms with Crippen LogP contribution >= 0.6 is 22.9 Å². The topological polar surface area (TPSA) is 139 Å². The Morgan fingerprint density at radius 2 is 2.11 bits per heavy atom. The molecule has 3 aromatic heterocycles. The molecule has 0 fully saturated rings. The quantitative estimate of drug-likeness (QED) is 0.136. The van der Waals surface area contributed by atoms with E-state index >= 15 is 0 Å². The zero-order chi connectivity index (χ0) is 24.5. The molecule has 0 unspecified atom stereocenters. The molecule has 1 N–H and O–H groups in total. The number of rotatable bonds is 5. The van der Waals surface area contributed by atoms with Crippen LogP contribution in [0.25, 0.3) is 45.1 Å². The van der Waals surface area contributed by atoms with Crippen LogP contribution in [0, 0.1) is 21.4 Å². The van der Waals surface area contributed by atoms with Gasteiger partial charge in [-0.15, -0.1) is 11.3 Å². The predicted molar refractivity (Wildman–Crippen MR) is 133 cm³/mol. The van der Waals surface area contributed by atoms with E-state index in [2.05, 4.69) is 21.3 Å². The number of nitro groups is 1. The third-order valence-electron chi connectivity index (χ3n) is 5.14. The lowest BCUT2D eigenvalue weighted by Crippen LogP contribution is -2.02. The van der Waals surface area contributed by atoms with Crippen LogP contribution in [0.15, 0.2) is 69.3 Å². The summed E-state index contributed by atoms with van der Waals surface area (Å²) < 4.78 is 5.39. The van der Waals surface area contributed by atoms with Gasteiger partial charge in [-0.1, -0.05) is 23.7 Å². The van der Waals surface area contributed by atoms with E-state index in [-0.39, 0.29) is 16.8 Å². The molecule has 0 radical (unpaired) electrons. The van der Waals surface area contributed by atoms with Crippen molar-refractivity contribution >= 4 is 51.2 Å². The Kier molecular flexibility index (Phi) is 5.70. The number of hydrogen-bond donors (Lipinski definition) is 1. The maximum absolute atomic E-state index is 12.5. The van der Waals surface area contributed by atoms with E-state index in [0.29, 0.717) is 43.5 Å². The maximum Gasteiger partial charge on any atom is 0.345 e. The molecule has 5 rings (SSSR count). The van der Waals surface area contributed by atoms with Crippen LogP contribution in [0.2, 0.25) is 5.02 Å². The number of nitriles is 1. The number of allylic oxidation sites excluding steroid dienone is 1. The normalized spacial score (nSPS) is 11.5. The summed E-state index contributed by atoms with van der Waals surface area (Å²) in [6.07, 6.45) is 3.10. The van der Waals surface area contributed by atoms with Gasteiger partial charge >= 0.3 is 5.63 Å². The fourth-order valence-electron chi connectivity index (χ4n) is 3.50. The van der Waals surface area contributed by atoms with Crippen molar-refractivity contribution in [1.29, 1.82) is 5.26 Å². The van der Waals surface area contributed by atoms with E-state index in [1.807, 2.05) is 0 Å². The Morgan fingerprint density at radius 3 is 2.91 bits per heavy atom. The van der Waals surface area contributed by atoms with Gasteiger partial charge in [-0.25, -0.2) is 9.78 Å². The minimum Gasteiger partial charge on any atom is -0.422 e. The van der Waals surface area contributed by atoms with Gasteiger partial charge in [-0.3, -0.25) is 15.2 Å². The minimum absolute atomic E-state index is 0.0624. The maximum atomic E-state index is 12.5. The van der Waals surface area contributed by atoms with E-state index < -0.39 is 10.5 Å². The van der Waals surface area contributed by atoms with Crippen molar-refractivity contribution in [1.82, 2.24) is 15.2 Å². The van der Waals surface area contributed by atoms with Gasteiger partial charge in [0.25, 0.3) is 5.69 Å². The van der Waals surface area contributed by atoms with Gasteiger partial charge in [0.05, 0.1) is 33.6 Å². The zero-order valence-corrected chi connectivity index (χ0v) is 19.1. The second kappa shape index (κ2) is 8.98. The largest absolute Gasteiger partial charge is 0.422 e. The average Bonchev–Trinajstić information content (AvgIpc) is 3.52. The number of aromatic amines is 1. The third kappa shape index (κ3) is 4.33. The van der Waals surface area contributed by atoms with Crippen LogP contribution in [-0.4, -0.2) is 20.1 Å². The van der Waals surface area contributed by atoms with Crippen LogP contribution in [0.4, 0.5) is 5.69 Å². The number of H-pyrrole nitrogens is 1. The molecule has 11 heteroatoms. The van der Waals surface area contributed by atoms with Crippen molar-refractivity contribution in [2.75, 3.05) is 0 Å². The molecule has 2 aromatic carbocycles. The summed E-state index contributed by atoms with van der Waals surface area (Å²) in [6.45, 7) is 0. The number of thiazole rings is 1. The highest BCUT2D eigenvalue weighted by Gasteiger charge is 2.16. The van der Waals surface area contributed by atoms with E-state index in [1.165, 1.54) is 29.7 Å². The van der Waals surface area contributed by atoms with Gasteiger partial charge in [-0.05, 0) is 30.3 Å². The number of nitro benzene ring substituents is 1. The van der Waals surface area contributed by atoms with Gasteiger partial charge in [0, 0.05) is 39.0 Å². The number of aromatic nitrogens is 3. The van der Waals surface area contributed by atoms with Crippen LogP contribution in [-0.2, 0) is 0 Å². The second-order valence-electron chi connectivity index (χ2n) is 7.35. The summed E-state index contributed by atoms with van der Waals surface area (Å²) in [5.74, 6) is 0. The molecule has 170 valence electrons. The van der Waals surface area contributed by atoms with Gasteiger partial charge in [0.15, 0.2) is 0 Å². The lowest BCUT2D eigenvalue weighted by atomic mass is 10.1. The van der Waals surface area contributed by atoms with Gasteiger partial charge < -0.3 is 4.42 Å². The first-order chi connectivity index (χ1) is 16.9. The summed E-state index contributed by atoms with van der Waals surface area (Å²) in [5, 5.41) is 31.0. The summed E-state index contributed by atoms with van der Waals surface area (Å²) in [4.78, 5) is 27.7. The van der Waals surface area contributed by atoms with Gasteiger partial charge in [0.1, 0.15) is 16.7 Å². The number of hydrogen-bond acceptors (Lipinski definition) is 8. The van der Waals surface area contributed by atoms with Crippen molar-refractivity contribution in [3.05, 3.63) is 96.2 Å². The molecule has 9 nitrogen and oxygen atoms in total. The Balaban J connectivity index is 1.53. The molecule has 5 aromatic rings. The monoisotopic (exact) mass is 501 g/mol. The molecular formula is C24H12ClN5O4S. The molecule has 0 saturated heterocycles. The van der Waals surface area contributed by atoms with Gasteiger partial charge in [-0.2, -0.15) is 10.4 Å².